The minimum atomic E-state index is -0.318. The number of aromatic nitrogens is 2. The van der Waals surface area contributed by atoms with E-state index in [0.29, 0.717) is 30.4 Å². The van der Waals surface area contributed by atoms with Crippen molar-refractivity contribution in [2.45, 2.75) is 51.4 Å². The number of halogens is 1. The lowest BCUT2D eigenvalue weighted by Crippen LogP contribution is -2.59. The van der Waals surface area contributed by atoms with Crippen LogP contribution in [0.4, 0.5) is 0 Å². The van der Waals surface area contributed by atoms with Gasteiger partial charge in [0.15, 0.2) is 5.69 Å². The molecule has 2 saturated heterocycles. The van der Waals surface area contributed by atoms with Gasteiger partial charge in [0.25, 0.3) is 5.91 Å². The maximum atomic E-state index is 12.9. The molecule has 0 bridgehead atoms. The molecule has 2 aliphatic rings. The van der Waals surface area contributed by atoms with Gasteiger partial charge in [0.05, 0.1) is 35.1 Å². The van der Waals surface area contributed by atoms with Gasteiger partial charge in [0.2, 0.25) is 0 Å². The van der Waals surface area contributed by atoms with Crippen molar-refractivity contribution in [1.29, 1.82) is 0 Å². The molecule has 1 aromatic heterocycles. The number of carbonyl (C=O) groups is 1. The van der Waals surface area contributed by atoms with E-state index in [-0.39, 0.29) is 23.7 Å². The second-order valence-corrected chi connectivity index (χ2v) is 7.18. The lowest BCUT2D eigenvalue weighted by atomic mass is 9.88. The fourth-order valence-electron chi connectivity index (χ4n) is 3.63. The molecular weight excluding hydrogens is 318 g/mol. The Kier molecular flexibility index (Phi) is 4.42. The van der Waals surface area contributed by atoms with Crippen molar-refractivity contribution in [1.82, 2.24) is 14.7 Å². The van der Waals surface area contributed by atoms with Crippen molar-refractivity contribution in [2.75, 3.05) is 19.7 Å². The largest absolute Gasteiger partial charge is 0.378 e. The lowest BCUT2D eigenvalue weighted by molar-refractivity contribution is -0.189. The van der Waals surface area contributed by atoms with E-state index in [1.54, 1.807) is 11.7 Å². The van der Waals surface area contributed by atoms with Gasteiger partial charge in [-0.05, 0) is 20.8 Å². The van der Waals surface area contributed by atoms with Crippen molar-refractivity contribution in [3.8, 4) is 0 Å². The molecule has 23 heavy (non-hydrogen) atoms. The summed E-state index contributed by atoms with van der Waals surface area (Å²) in [5.74, 6) is -0.118. The highest BCUT2D eigenvalue weighted by atomic mass is 35.5. The van der Waals surface area contributed by atoms with Crippen LogP contribution in [0.2, 0.25) is 5.02 Å². The van der Waals surface area contributed by atoms with Crippen LogP contribution in [0.5, 0.6) is 0 Å². The quantitative estimate of drug-likeness (QED) is 0.785. The Labute approximate surface area is 141 Å². The van der Waals surface area contributed by atoms with Crippen molar-refractivity contribution >= 4 is 17.5 Å². The summed E-state index contributed by atoms with van der Waals surface area (Å²) in [5.41, 5.74) is 0.808. The topological polar surface area (TPSA) is 56.6 Å². The van der Waals surface area contributed by atoms with E-state index in [9.17, 15) is 4.79 Å². The number of aryl methyl sites for hydroxylation is 1. The minimum Gasteiger partial charge on any atom is -0.378 e. The lowest BCUT2D eigenvalue weighted by Gasteiger charge is -2.48. The Morgan fingerprint density at radius 2 is 2.13 bits per heavy atom. The summed E-state index contributed by atoms with van der Waals surface area (Å²) >= 11 is 6.28. The molecule has 0 aromatic carbocycles. The molecule has 6 nitrogen and oxygen atoms in total. The Balaban J connectivity index is 1.84. The number of amides is 1. The zero-order chi connectivity index (χ0) is 16.8. The van der Waals surface area contributed by atoms with Gasteiger partial charge in [-0.2, -0.15) is 5.10 Å². The zero-order valence-corrected chi connectivity index (χ0v) is 14.9. The summed E-state index contributed by atoms with van der Waals surface area (Å²) in [6, 6.07) is 0. The molecule has 2 fully saturated rings. The molecule has 3 unspecified atom stereocenters. The monoisotopic (exact) mass is 341 g/mol. The van der Waals surface area contributed by atoms with Gasteiger partial charge in [-0.25, -0.2) is 0 Å². The summed E-state index contributed by atoms with van der Waals surface area (Å²) in [5, 5.41) is 4.72. The first kappa shape index (κ1) is 16.7. The Morgan fingerprint density at radius 1 is 1.39 bits per heavy atom. The highest BCUT2D eigenvalue weighted by molar-refractivity contribution is 6.34. The first-order chi connectivity index (χ1) is 10.8. The number of carbonyl (C=O) groups excluding carboxylic acids is 1. The zero-order valence-electron chi connectivity index (χ0n) is 14.1. The summed E-state index contributed by atoms with van der Waals surface area (Å²) in [6.07, 6.45) is 1.74. The second kappa shape index (κ2) is 6.07. The summed E-state index contributed by atoms with van der Waals surface area (Å²) in [4.78, 5) is 14.8. The van der Waals surface area contributed by atoms with Crippen molar-refractivity contribution in [3.63, 3.8) is 0 Å². The normalized spacial score (nSPS) is 31.6. The van der Waals surface area contributed by atoms with Gasteiger partial charge in [-0.3, -0.25) is 9.48 Å². The van der Waals surface area contributed by atoms with Crippen LogP contribution in [0.25, 0.3) is 0 Å². The smallest absolute Gasteiger partial charge is 0.276 e. The predicted octanol–water partition coefficient (Wildman–Crippen LogP) is 2.18. The van der Waals surface area contributed by atoms with Crippen molar-refractivity contribution < 1.29 is 14.3 Å². The van der Waals surface area contributed by atoms with Gasteiger partial charge in [0, 0.05) is 33.0 Å². The van der Waals surface area contributed by atoms with Gasteiger partial charge in [-0.1, -0.05) is 11.6 Å². The predicted molar refractivity (Wildman–Crippen MR) is 86.8 cm³/mol. The number of hydrogen-bond acceptors (Lipinski definition) is 4. The Bertz CT molecular complexity index is 614. The molecule has 3 heterocycles. The molecule has 0 N–H and O–H groups in total. The average Bonchev–Trinajstić information content (AvgIpc) is 2.73. The molecule has 3 atom stereocenters. The van der Waals surface area contributed by atoms with Crippen LogP contribution in [0.1, 0.15) is 42.9 Å². The van der Waals surface area contributed by atoms with E-state index < -0.39 is 0 Å². The van der Waals surface area contributed by atoms with Gasteiger partial charge in [0.1, 0.15) is 0 Å². The molecule has 3 rings (SSSR count). The van der Waals surface area contributed by atoms with Crippen LogP contribution in [-0.4, -0.2) is 58.1 Å². The minimum absolute atomic E-state index is 0.0124. The third kappa shape index (κ3) is 3.12. The highest BCUT2D eigenvalue weighted by Gasteiger charge is 2.44. The molecule has 1 amide bonds. The first-order valence-corrected chi connectivity index (χ1v) is 8.47. The van der Waals surface area contributed by atoms with Crippen LogP contribution in [0, 0.1) is 6.92 Å². The number of rotatable bonds is 1. The first-order valence-electron chi connectivity index (χ1n) is 8.09. The van der Waals surface area contributed by atoms with Gasteiger partial charge < -0.3 is 14.4 Å². The van der Waals surface area contributed by atoms with E-state index in [1.807, 2.05) is 18.7 Å². The van der Waals surface area contributed by atoms with E-state index >= 15 is 0 Å². The number of hydrogen-bond donors (Lipinski definition) is 0. The maximum absolute atomic E-state index is 12.9. The molecule has 7 heteroatoms. The molecule has 0 saturated carbocycles. The third-order valence-electron chi connectivity index (χ3n) is 4.78. The van der Waals surface area contributed by atoms with E-state index in [4.69, 9.17) is 21.1 Å². The fourth-order valence-corrected chi connectivity index (χ4v) is 3.87. The summed E-state index contributed by atoms with van der Waals surface area (Å²) in [7, 11) is 1.79. The summed E-state index contributed by atoms with van der Waals surface area (Å²) in [6.45, 7) is 7.70. The third-order valence-corrected chi connectivity index (χ3v) is 5.23. The molecule has 1 spiro atoms. The molecule has 0 aliphatic carbocycles. The number of morpholine rings is 1. The van der Waals surface area contributed by atoms with Crippen molar-refractivity contribution in [2.24, 2.45) is 7.05 Å². The van der Waals surface area contributed by atoms with Crippen LogP contribution in [-0.2, 0) is 16.5 Å². The van der Waals surface area contributed by atoms with E-state index in [2.05, 4.69) is 12.0 Å². The van der Waals surface area contributed by atoms with Gasteiger partial charge >= 0.3 is 0 Å². The average molecular weight is 342 g/mol. The molecular formula is C16H24ClN3O3. The molecule has 0 radical (unpaired) electrons. The van der Waals surface area contributed by atoms with Gasteiger partial charge in [-0.15, -0.1) is 0 Å². The van der Waals surface area contributed by atoms with E-state index in [0.717, 1.165) is 18.5 Å². The van der Waals surface area contributed by atoms with Crippen LogP contribution >= 0.6 is 11.6 Å². The molecule has 2 aliphatic heterocycles. The maximum Gasteiger partial charge on any atom is 0.276 e. The van der Waals surface area contributed by atoms with Crippen molar-refractivity contribution in [3.05, 3.63) is 16.4 Å². The van der Waals surface area contributed by atoms with Crippen LogP contribution in [0.15, 0.2) is 0 Å². The standard InChI is InChI=1S/C16H24ClN3O3/c1-10-7-16(5-6-22-10)9-20(8-11(2)23-16)15(21)14-13(17)12(3)19(4)18-14/h10-11H,5-9H2,1-4H3. The Morgan fingerprint density at radius 3 is 2.74 bits per heavy atom. The number of ether oxygens (including phenoxy) is 2. The van der Waals surface area contributed by atoms with Crippen LogP contribution in [0.3, 0.4) is 0 Å². The fraction of sp³-hybridized carbons (Fsp3) is 0.750. The van der Waals surface area contributed by atoms with E-state index in [1.165, 1.54) is 0 Å². The highest BCUT2D eigenvalue weighted by Crippen LogP contribution is 2.35. The van der Waals surface area contributed by atoms with Crippen LogP contribution < -0.4 is 0 Å². The number of nitrogens with zero attached hydrogens (tertiary/aromatic N) is 3. The summed E-state index contributed by atoms with van der Waals surface area (Å²) < 4.78 is 13.5. The Hall–Kier alpha value is -1.11. The SMILES string of the molecule is Cc1c(Cl)c(C(=O)N2CC(C)OC3(CCOC(C)C3)C2)nn1C. The second-order valence-electron chi connectivity index (χ2n) is 6.80. The molecule has 128 valence electrons. The molecule has 1 aromatic rings.